The molecule has 0 saturated heterocycles. The first-order chi connectivity index (χ1) is 6.84. The van der Waals surface area contributed by atoms with Crippen LogP contribution in [-0.2, 0) is 10.0 Å². The first kappa shape index (κ1) is 11.7. The molecule has 0 aliphatic carbocycles. The number of halogens is 2. The monoisotopic (exact) mass is 237 g/mol. The Hall–Kier alpha value is -1.37. The van der Waals surface area contributed by atoms with Gasteiger partial charge in [-0.25, -0.2) is 8.42 Å². The molecule has 0 unspecified atom stereocenters. The molecule has 0 spiro atoms. The van der Waals surface area contributed by atoms with Crippen LogP contribution in [0, 0.1) is 6.92 Å². The fourth-order valence-electron chi connectivity index (χ4n) is 0.932. The van der Waals surface area contributed by atoms with E-state index in [1.807, 2.05) is 0 Å². The molecule has 1 aromatic rings. The number of hydrogen-bond acceptors (Lipinski definition) is 3. The molecule has 15 heavy (non-hydrogen) atoms. The number of nitrogens with one attached hydrogen (secondary N) is 1. The summed E-state index contributed by atoms with van der Waals surface area (Å²) in [4.78, 5) is 0. The molecule has 0 aliphatic heterocycles. The summed E-state index contributed by atoms with van der Waals surface area (Å²) in [6.07, 6.45) is 0. The Morgan fingerprint density at radius 1 is 1.40 bits per heavy atom. The van der Waals surface area contributed by atoms with Gasteiger partial charge in [-0.1, -0.05) is 6.07 Å². The quantitative estimate of drug-likeness (QED) is 0.840. The van der Waals surface area contributed by atoms with Crippen molar-refractivity contribution in [3.63, 3.8) is 0 Å². The lowest BCUT2D eigenvalue weighted by atomic mass is 10.2. The molecule has 7 heteroatoms. The Labute approximate surface area is 85.6 Å². The average Bonchev–Trinajstić information content (AvgIpc) is 2.12. The van der Waals surface area contributed by atoms with Gasteiger partial charge in [0.25, 0.3) is 10.0 Å². The number of sulfonamides is 1. The number of rotatable bonds is 3. The van der Waals surface area contributed by atoms with Gasteiger partial charge in [0.2, 0.25) is 0 Å². The summed E-state index contributed by atoms with van der Waals surface area (Å²) >= 11 is 0. The summed E-state index contributed by atoms with van der Waals surface area (Å²) in [6, 6.07) is 3.97. The molecule has 0 saturated carbocycles. The first-order valence-corrected chi connectivity index (χ1v) is 5.47. The van der Waals surface area contributed by atoms with E-state index in [0.29, 0.717) is 0 Å². The number of benzene rings is 1. The van der Waals surface area contributed by atoms with E-state index in [0.717, 1.165) is 0 Å². The number of phenolic OH excluding ortho intramolecular Hbond substituents is 1. The highest BCUT2D eigenvalue weighted by Crippen LogP contribution is 2.25. The Bertz CT molecular complexity index is 459. The normalized spacial score (nSPS) is 11.7. The molecule has 0 aromatic heterocycles. The molecule has 0 radical (unpaired) electrons. The van der Waals surface area contributed by atoms with E-state index in [1.54, 1.807) is 4.72 Å². The van der Waals surface area contributed by atoms with Gasteiger partial charge in [-0.05, 0) is 19.1 Å². The van der Waals surface area contributed by atoms with Crippen LogP contribution in [0.3, 0.4) is 0 Å². The van der Waals surface area contributed by atoms with Crippen molar-refractivity contribution in [3.8, 4) is 5.75 Å². The zero-order valence-corrected chi connectivity index (χ0v) is 8.55. The van der Waals surface area contributed by atoms with Crippen LogP contribution in [0.5, 0.6) is 5.75 Å². The smallest absolute Gasteiger partial charge is 0.355 e. The highest BCUT2D eigenvalue weighted by molar-refractivity contribution is 7.93. The SMILES string of the molecule is Cc1c(O)cccc1NS(=O)(=O)C(F)F. The van der Waals surface area contributed by atoms with Crippen LogP contribution < -0.4 is 4.72 Å². The molecule has 1 aromatic carbocycles. The third kappa shape index (κ3) is 2.56. The van der Waals surface area contributed by atoms with Gasteiger partial charge in [-0.3, -0.25) is 4.72 Å². The summed E-state index contributed by atoms with van der Waals surface area (Å²) in [5, 5.41) is 9.21. The van der Waals surface area contributed by atoms with Crippen LogP contribution in [-0.4, -0.2) is 19.3 Å². The fourth-order valence-corrected chi connectivity index (χ4v) is 1.55. The van der Waals surface area contributed by atoms with Crippen LogP contribution in [0.4, 0.5) is 14.5 Å². The lowest BCUT2D eigenvalue weighted by Crippen LogP contribution is -2.20. The molecule has 0 aliphatic rings. The van der Waals surface area contributed by atoms with E-state index in [4.69, 9.17) is 0 Å². The number of anilines is 1. The van der Waals surface area contributed by atoms with Gasteiger partial charge in [-0.15, -0.1) is 0 Å². The largest absolute Gasteiger partial charge is 0.508 e. The van der Waals surface area contributed by atoms with E-state index in [-0.39, 0.29) is 17.0 Å². The van der Waals surface area contributed by atoms with E-state index < -0.39 is 15.8 Å². The summed E-state index contributed by atoms with van der Waals surface area (Å²) < 4.78 is 47.4. The summed E-state index contributed by atoms with van der Waals surface area (Å²) in [7, 11) is -4.68. The molecule has 0 fully saturated rings. The van der Waals surface area contributed by atoms with Crippen molar-refractivity contribution < 1.29 is 22.3 Å². The maximum atomic E-state index is 12.0. The maximum absolute atomic E-state index is 12.0. The van der Waals surface area contributed by atoms with Crippen molar-refractivity contribution in [3.05, 3.63) is 23.8 Å². The minimum Gasteiger partial charge on any atom is -0.508 e. The van der Waals surface area contributed by atoms with Gasteiger partial charge >= 0.3 is 5.76 Å². The van der Waals surface area contributed by atoms with Gasteiger partial charge in [0.05, 0.1) is 5.69 Å². The van der Waals surface area contributed by atoms with E-state index >= 15 is 0 Å². The van der Waals surface area contributed by atoms with Crippen molar-refractivity contribution in [1.29, 1.82) is 0 Å². The summed E-state index contributed by atoms with van der Waals surface area (Å²) in [6.45, 7) is 1.42. The Balaban J connectivity index is 3.06. The van der Waals surface area contributed by atoms with Crippen LogP contribution in [0.25, 0.3) is 0 Å². The second-order valence-corrected chi connectivity index (χ2v) is 4.51. The third-order valence-electron chi connectivity index (χ3n) is 1.79. The van der Waals surface area contributed by atoms with Gasteiger partial charge < -0.3 is 5.11 Å². The highest BCUT2D eigenvalue weighted by atomic mass is 32.2. The second kappa shape index (κ2) is 4.01. The molecular weight excluding hydrogens is 228 g/mol. The highest BCUT2D eigenvalue weighted by Gasteiger charge is 2.24. The number of phenols is 1. The van der Waals surface area contributed by atoms with Gasteiger partial charge in [0.1, 0.15) is 5.75 Å². The average molecular weight is 237 g/mol. The van der Waals surface area contributed by atoms with Crippen molar-refractivity contribution in [1.82, 2.24) is 0 Å². The van der Waals surface area contributed by atoms with Gasteiger partial charge in [-0.2, -0.15) is 8.78 Å². The number of aromatic hydroxyl groups is 1. The minimum atomic E-state index is -4.68. The molecule has 0 bridgehead atoms. The zero-order valence-electron chi connectivity index (χ0n) is 7.74. The second-order valence-electron chi connectivity index (χ2n) is 2.86. The molecule has 84 valence electrons. The first-order valence-electron chi connectivity index (χ1n) is 3.93. The van der Waals surface area contributed by atoms with Crippen molar-refractivity contribution in [2.45, 2.75) is 12.7 Å². The van der Waals surface area contributed by atoms with E-state index in [1.165, 1.54) is 25.1 Å². The number of alkyl halides is 2. The van der Waals surface area contributed by atoms with Crippen LogP contribution >= 0.6 is 0 Å². The van der Waals surface area contributed by atoms with Crippen molar-refractivity contribution >= 4 is 15.7 Å². The molecule has 4 nitrogen and oxygen atoms in total. The topological polar surface area (TPSA) is 66.4 Å². The van der Waals surface area contributed by atoms with Crippen molar-refractivity contribution in [2.24, 2.45) is 0 Å². The molecular formula is C8H9F2NO3S. The molecule has 0 heterocycles. The fraction of sp³-hybridized carbons (Fsp3) is 0.250. The molecule has 2 N–H and O–H groups in total. The summed E-state index contributed by atoms with van der Waals surface area (Å²) in [5.74, 6) is -3.66. The summed E-state index contributed by atoms with van der Waals surface area (Å²) in [5.41, 5.74) is 0.136. The van der Waals surface area contributed by atoms with E-state index in [2.05, 4.69) is 0 Å². The zero-order chi connectivity index (χ0) is 11.6. The van der Waals surface area contributed by atoms with Crippen LogP contribution in [0.1, 0.15) is 5.56 Å². The maximum Gasteiger partial charge on any atom is 0.355 e. The third-order valence-corrected chi connectivity index (χ3v) is 2.77. The minimum absolute atomic E-state index is 0.0599. The van der Waals surface area contributed by atoms with Crippen LogP contribution in [0.2, 0.25) is 0 Å². The standard InChI is InChI=1S/C8H9F2NO3S/c1-5-6(3-2-4-7(5)12)11-15(13,14)8(9)10/h2-4,8,11-12H,1H3. The van der Waals surface area contributed by atoms with Gasteiger partial charge in [0, 0.05) is 5.56 Å². The Kier molecular flexibility index (Phi) is 3.13. The molecule has 0 amide bonds. The van der Waals surface area contributed by atoms with Gasteiger partial charge in [0.15, 0.2) is 0 Å². The Morgan fingerprint density at radius 3 is 2.53 bits per heavy atom. The predicted molar refractivity (Wildman–Crippen MR) is 51.4 cm³/mol. The Morgan fingerprint density at radius 2 is 2.00 bits per heavy atom. The van der Waals surface area contributed by atoms with Crippen molar-refractivity contribution in [2.75, 3.05) is 4.72 Å². The molecule has 0 atom stereocenters. The number of hydrogen-bond donors (Lipinski definition) is 2. The lowest BCUT2D eigenvalue weighted by Gasteiger charge is -2.10. The lowest BCUT2D eigenvalue weighted by molar-refractivity contribution is 0.236. The van der Waals surface area contributed by atoms with Crippen LogP contribution in [0.15, 0.2) is 18.2 Å². The predicted octanol–water partition coefficient (Wildman–Crippen LogP) is 1.66. The molecule has 1 rings (SSSR count). The van der Waals surface area contributed by atoms with E-state index in [9.17, 15) is 22.3 Å².